The maximum atomic E-state index is 12.8. The minimum atomic E-state index is -0.246. The first-order valence-corrected chi connectivity index (χ1v) is 10.8. The predicted octanol–water partition coefficient (Wildman–Crippen LogP) is 1.30. The summed E-state index contributed by atoms with van der Waals surface area (Å²) >= 11 is 0. The van der Waals surface area contributed by atoms with Crippen molar-refractivity contribution in [1.82, 2.24) is 35.6 Å². The third kappa shape index (κ3) is 4.20. The number of carbonyl (C=O) groups excluding carboxylic acids is 2. The molecule has 2 aliphatic carbocycles. The first-order valence-electron chi connectivity index (χ1n) is 10.8. The number of fused-ring (bicyclic) bond motifs is 1. The summed E-state index contributed by atoms with van der Waals surface area (Å²) in [5.74, 6) is 0.640. The van der Waals surface area contributed by atoms with Crippen LogP contribution in [0.4, 0.5) is 0 Å². The molecule has 4 rings (SSSR count). The summed E-state index contributed by atoms with van der Waals surface area (Å²) < 4.78 is 1.88. The molecule has 2 amide bonds. The molecule has 0 spiro atoms. The SMILES string of the molecule is CC[C@H](CNC(=O)c1cc2c(nn1)CCCC2)NC(=O)[C@@H]1CC[C@@H]1c1nncn1C. The lowest BCUT2D eigenvalue weighted by molar-refractivity contribution is -0.129. The smallest absolute Gasteiger partial charge is 0.271 e. The van der Waals surface area contributed by atoms with Crippen LogP contribution < -0.4 is 10.6 Å². The van der Waals surface area contributed by atoms with Crippen molar-refractivity contribution in [2.45, 2.75) is 63.8 Å². The molecule has 9 heteroatoms. The zero-order chi connectivity index (χ0) is 21.1. The molecular weight excluding hydrogens is 382 g/mol. The van der Waals surface area contributed by atoms with E-state index >= 15 is 0 Å². The molecule has 160 valence electrons. The molecule has 0 unspecified atom stereocenters. The van der Waals surface area contributed by atoms with E-state index in [0.29, 0.717) is 12.2 Å². The van der Waals surface area contributed by atoms with Crippen LogP contribution in [0.1, 0.15) is 72.5 Å². The Kier molecular flexibility index (Phi) is 6.06. The van der Waals surface area contributed by atoms with E-state index in [1.54, 1.807) is 6.33 Å². The van der Waals surface area contributed by atoms with Gasteiger partial charge in [-0.05, 0) is 56.6 Å². The van der Waals surface area contributed by atoms with Crippen molar-refractivity contribution in [3.8, 4) is 0 Å². The molecule has 2 N–H and O–H groups in total. The molecule has 9 nitrogen and oxygen atoms in total. The molecule has 2 heterocycles. The highest BCUT2D eigenvalue weighted by molar-refractivity contribution is 5.92. The quantitative estimate of drug-likeness (QED) is 0.710. The van der Waals surface area contributed by atoms with Crippen LogP contribution >= 0.6 is 0 Å². The van der Waals surface area contributed by atoms with E-state index in [2.05, 4.69) is 31.0 Å². The highest BCUT2D eigenvalue weighted by Crippen LogP contribution is 2.41. The highest BCUT2D eigenvalue weighted by Gasteiger charge is 2.40. The van der Waals surface area contributed by atoms with E-state index < -0.39 is 0 Å². The number of aryl methyl sites for hydroxylation is 3. The van der Waals surface area contributed by atoms with Gasteiger partial charge < -0.3 is 15.2 Å². The summed E-state index contributed by atoms with van der Waals surface area (Å²) in [6, 6.07) is 1.73. The molecular formula is C21H29N7O2. The van der Waals surface area contributed by atoms with E-state index in [1.807, 2.05) is 24.6 Å². The number of nitrogens with one attached hydrogen (secondary N) is 2. The molecule has 1 saturated carbocycles. The van der Waals surface area contributed by atoms with Crippen molar-refractivity contribution in [3.63, 3.8) is 0 Å². The second-order valence-electron chi connectivity index (χ2n) is 8.32. The Morgan fingerprint density at radius 1 is 1.20 bits per heavy atom. The van der Waals surface area contributed by atoms with Crippen molar-refractivity contribution in [2.75, 3.05) is 6.54 Å². The second-order valence-corrected chi connectivity index (χ2v) is 8.32. The molecule has 0 radical (unpaired) electrons. The first kappa shape index (κ1) is 20.4. The molecule has 0 bridgehead atoms. The Labute approximate surface area is 176 Å². The van der Waals surface area contributed by atoms with Gasteiger partial charge in [0, 0.05) is 31.5 Å². The van der Waals surface area contributed by atoms with Gasteiger partial charge in [-0.3, -0.25) is 9.59 Å². The Bertz CT molecular complexity index is 926. The normalized spacial score (nSPS) is 21.3. The average molecular weight is 412 g/mol. The van der Waals surface area contributed by atoms with Gasteiger partial charge in [0.1, 0.15) is 12.2 Å². The van der Waals surface area contributed by atoms with Crippen LogP contribution in [0.5, 0.6) is 0 Å². The lowest BCUT2D eigenvalue weighted by Crippen LogP contribution is -2.48. The molecule has 2 aromatic heterocycles. The van der Waals surface area contributed by atoms with Crippen LogP contribution in [0, 0.1) is 5.92 Å². The molecule has 30 heavy (non-hydrogen) atoms. The van der Waals surface area contributed by atoms with Crippen molar-refractivity contribution in [1.29, 1.82) is 0 Å². The zero-order valence-corrected chi connectivity index (χ0v) is 17.6. The number of nitrogens with zero attached hydrogens (tertiary/aromatic N) is 5. The molecule has 2 aromatic rings. The largest absolute Gasteiger partial charge is 0.351 e. The Hall–Kier alpha value is -2.84. The van der Waals surface area contributed by atoms with Gasteiger partial charge in [0.2, 0.25) is 5.91 Å². The van der Waals surface area contributed by atoms with Gasteiger partial charge in [0.25, 0.3) is 5.91 Å². The van der Waals surface area contributed by atoms with Gasteiger partial charge in [0.05, 0.1) is 5.69 Å². The van der Waals surface area contributed by atoms with E-state index in [9.17, 15) is 9.59 Å². The van der Waals surface area contributed by atoms with Crippen LogP contribution in [0.15, 0.2) is 12.4 Å². The van der Waals surface area contributed by atoms with Gasteiger partial charge in [-0.25, -0.2) is 0 Å². The summed E-state index contributed by atoms with van der Waals surface area (Å²) in [6.07, 6.45) is 8.31. The fourth-order valence-corrected chi connectivity index (χ4v) is 4.26. The van der Waals surface area contributed by atoms with Gasteiger partial charge in [0.15, 0.2) is 5.69 Å². The third-order valence-electron chi connectivity index (χ3n) is 6.34. The number of hydrogen-bond donors (Lipinski definition) is 2. The minimum Gasteiger partial charge on any atom is -0.351 e. The lowest BCUT2D eigenvalue weighted by Gasteiger charge is -2.35. The fourth-order valence-electron chi connectivity index (χ4n) is 4.26. The van der Waals surface area contributed by atoms with Crippen LogP contribution in [-0.4, -0.2) is 49.4 Å². The van der Waals surface area contributed by atoms with Crippen molar-refractivity contribution in [3.05, 3.63) is 35.2 Å². The molecule has 0 aliphatic heterocycles. The fraction of sp³-hybridized carbons (Fsp3) is 0.619. The lowest BCUT2D eigenvalue weighted by atomic mass is 9.72. The number of aromatic nitrogens is 5. The molecule has 3 atom stereocenters. The average Bonchev–Trinajstić information content (AvgIpc) is 3.14. The van der Waals surface area contributed by atoms with Crippen molar-refractivity contribution < 1.29 is 9.59 Å². The molecule has 0 saturated heterocycles. The maximum absolute atomic E-state index is 12.8. The van der Waals surface area contributed by atoms with Crippen LogP contribution in [0.2, 0.25) is 0 Å². The van der Waals surface area contributed by atoms with E-state index in [4.69, 9.17) is 0 Å². The van der Waals surface area contributed by atoms with Crippen LogP contribution in [0.25, 0.3) is 0 Å². The van der Waals surface area contributed by atoms with E-state index in [1.165, 1.54) is 0 Å². The topological polar surface area (TPSA) is 115 Å². The molecule has 2 aliphatic rings. The monoisotopic (exact) mass is 411 g/mol. The Balaban J connectivity index is 1.31. The highest BCUT2D eigenvalue weighted by atomic mass is 16.2. The maximum Gasteiger partial charge on any atom is 0.271 e. The molecule has 0 aromatic carbocycles. The number of hydrogen-bond acceptors (Lipinski definition) is 6. The van der Waals surface area contributed by atoms with Gasteiger partial charge in [-0.1, -0.05) is 6.92 Å². The van der Waals surface area contributed by atoms with Crippen molar-refractivity contribution >= 4 is 11.8 Å². The van der Waals surface area contributed by atoms with Gasteiger partial charge >= 0.3 is 0 Å². The van der Waals surface area contributed by atoms with Gasteiger partial charge in [-0.15, -0.1) is 15.3 Å². The first-order chi connectivity index (χ1) is 14.6. The number of carbonyl (C=O) groups is 2. The minimum absolute atomic E-state index is 0.0175. The van der Waals surface area contributed by atoms with Crippen molar-refractivity contribution in [2.24, 2.45) is 13.0 Å². The standard InChI is InChI=1S/C21H29N7O2/c1-3-14(24-20(29)16-9-8-15(16)19-27-23-12-28(19)2)11-22-21(30)18-10-13-6-4-5-7-17(13)25-26-18/h10,12,14-16H,3-9,11H2,1-2H3,(H,22,30)(H,24,29)/t14-,15+,16-/m1/s1. The Morgan fingerprint density at radius 2 is 2.03 bits per heavy atom. The van der Waals surface area contributed by atoms with E-state index in [0.717, 1.165) is 62.0 Å². The summed E-state index contributed by atoms with van der Waals surface area (Å²) in [4.78, 5) is 25.3. The summed E-state index contributed by atoms with van der Waals surface area (Å²) in [5.41, 5.74) is 2.48. The second kappa shape index (κ2) is 8.89. The van der Waals surface area contributed by atoms with Gasteiger partial charge in [-0.2, -0.15) is 5.10 Å². The van der Waals surface area contributed by atoms with Crippen LogP contribution in [0.3, 0.4) is 0 Å². The zero-order valence-electron chi connectivity index (χ0n) is 17.6. The number of amides is 2. The van der Waals surface area contributed by atoms with E-state index in [-0.39, 0.29) is 29.7 Å². The predicted molar refractivity (Wildman–Crippen MR) is 110 cm³/mol. The summed E-state index contributed by atoms with van der Waals surface area (Å²) in [5, 5.41) is 22.4. The third-order valence-corrected chi connectivity index (χ3v) is 6.34. The molecule has 1 fully saturated rings. The summed E-state index contributed by atoms with van der Waals surface area (Å²) in [6.45, 7) is 2.36. The van der Waals surface area contributed by atoms with Crippen LogP contribution in [-0.2, 0) is 24.7 Å². The Morgan fingerprint density at radius 3 is 2.73 bits per heavy atom. The number of rotatable bonds is 7. The summed E-state index contributed by atoms with van der Waals surface area (Å²) in [7, 11) is 1.90.